The number of amides is 1. The summed E-state index contributed by atoms with van der Waals surface area (Å²) in [4.78, 5) is 14.8. The van der Waals surface area contributed by atoms with E-state index in [4.69, 9.17) is 4.74 Å². The molecular weight excluding hydrogens is 324 g/mol. The monoisotopic (exact) mass is 352 g/mol. The Bertz CT molecular complexity index is 546. The molecule has 0 aromatic heterocycles. The second-order valence-corrected chi connectivity index (χ2v) is 7.45. The summed E-state index contributed by atoms with van der Waals surface area (Å²) in [5.74, 6) is 1.41. The van der Waals surface area contributed by atoms with E-state index in [1.807, 2.05) is 29.2 Å². The average Bonchev–Trinajstić information content (AvgIpc) is 3.01. The maximum Gasteiger partial charge on any atom is 0.253 e. The first-order chi connectivity index (χ1) is 11.1. The first kappa shape index (κ1) is 19.1. The predicted octanol–water partition coefficient (Wildman–Crippen LogP) is 3.36. The lowest BCUT2D eigenvalue weighted by molar-refractivity contribution is 0.0607. The van der Waals surface area contributed by atoms with E-state index in [0.29, 0.717) is 17.9 Å². The van der Waals surface area contributed by atoms with Crippen LogP contribution in [0.15, 0.2) is 24.3 Å². The normalized spacial score (nSPS) is 19.4. The van der Waals surface area contributed by atoms with Crippen LogP contribution in [0, 0.1) is 11.3 Å². The van der Waals surface area contributed by atoms with Gasteiger partial charge in [0.15, 0.2) is 0 Å². The molecule has 134 valence electrons. The number of halogens is 1. The molecule has 0 bridgehead atoms. The van der Waals surface area contributed by atoms with Crippen LogP contribution in [-0.4, -0.2) is 43.6 Å². The van der Waals surface area contributed by atoms with Crippen LogP contribution in [0.4, 0.5) is 0 Å². The highest BCUT2D eigenvalue weighted by Crippen LogP contribution is 2.37. The Balaban J connectivity index is 0.00000208. The van der Waals surface area contributed by atoms with Gasteiger partial charge in [-0.3, -0.25) is 4.79 Å². The molecule has 1 aromatic carbocycles. The van der Waals surface area contributed by atoms with Gasteiger partial charge in [0.1, 0.15) is 5.75 Å². The van der Waals surface area contributed by atoms with Crippen LogP contribution in [0.2, 0.25) is 0 Å². The highest BCUT2D eigenvalue weighted by atomic mass is 35.5. The van der Waals surface area contributed by atoms with Crippen molar-refractivity contribution >= 4 is 18.3 Å². The zero-order valence-corrected chi connectivity index (χ0v) is 15.5. The van der Waals surface area contributed by atoms with Crippen molar-refractivity contribution < 1.29 is 9.53 Å². The summed E-state index contributed by atoms with van der Waals surface area (Å²) in [6, 6.07) is 7.61. The molecule has 2 aliphatic heterocycles. The third-order valence-electron chi connectivity index (χ3n) is 5.11. The number of carbonyl (C=O) groups excluding carboxylic acids is 1. The minimum absolute atomic E-state index is 0. The SMILES string of the molecule is CC(C)COc1cccc(C(=O)N2CCC3(CCNC3)CC2)c1.Cl. The van der Waals surface area contributed by atoms with Gasteiger partial charge in [-0.05, 0) is 55.3 Å². The van der Waals surface area contributed by atoms with Crippen molar-refractivity contribution in [1.29, 1.82) is 0 Å². The first-order valence-corrected chi connectivity index (χ1v) is 8.81. The van der Waals surface area contributed by atoms with E-state index >= 15 is 0 Å². The van der Waals surface area contributed by atoms with Crippen LogP contribution < -0.4 is 10.1 Å². The van der Waals surface area contributed by atoms with Crippen molar-refractivity contribution in [3.05, 3.63) is 29.8 Å². The Labute approximate surface area is 151 Å². The van der Waals surface area contributed by atoms with Gasteiger partial charge in [0.25, 0.3) is 5.91 Å². The van der Waals surface area contributed by atoms with Crippen molar-refractivity contribution in [2.45, 2.75) is 33.1 Å². The Hall–Kier alpha value is -1.26. The summed E-state index contributed by atoms with van der Waals surface area (Å²) in [5, 5.41) is 3.47. The second-order valence-electron chi connectivity index (χ2n) is 7.45. The summed E-state index contributed by atoms with van der Waals surface area (Å²) in [7, 11) is 0. The van der Waals surface area contributed by atoms with Crippen molar-refractivity contribution in [3.8, 4) is 5.75 Å². The third kappa shape index (κ3) is 4.42. The van der Waals surface area contributed by atoms with Crippen LogP contribution in [0.25, 0.3) is 0 Å². The maximum absolute atomic E-state index is 12.7. The van der Waals surface area contributed by atoms with Crippen LogP contribution in [0.1, 0.15) is 43.5 Å². The van der Waals surface area contributed by atoms with E-state index in [-0.39, 0.29) is 18.3 Å². The van der Waals surface area contributed by atoms with Crippen molar-refractivity contribution in [3.63, 3.8) is 0 Å². The fourth-order valence-corrected chi connectivity index (χ4v) is 3.57. The molecule has 0 aliphatic carbocycles. The van der Waals surface area contributed by atoms with Gasteiger partial charge < -0.3 is 15.0 Å². The zero-order chi connectivity index (χ0) is 16.3. The number of hydrogen-bond donors (Lipinski definition) is 1. The van der Waals surface area contributed by atoms with E-state index < -0.39 is 0 Å². The lowest BCUT2D eigenvalue weighted by atomic mass is 9.78. The molecule has 0 unspecified atom stereocenters. The van der Waals surface area contributed by atoms with Crippen LogP contribution in [0.5, 0.6) is 5.75 Å². The van der Waals surface area contributed by atoms with Crippen LogP contribution in [-0.2, 0) is 0 Å². The molecule has 1 N–H and O–H groups in total. The number of hydrogen-bond acceptors (Lipinski definition) is 3. The minimum Gasteiger partial charge on any atom is -0.493 e. The van der Waals surface area contributed by atoms with E-state index in [1.54, 1.807) is 0 Å². The third-order valence-corrected chi connectivity index (χ3v) is 5.11. The number of likely N-dealkylation sites (tertiary alicyclic amines) is 1. The van der Waals surface area contributed by atoms with Crippen molar-refractivity contribution in [2.75, 3.05) is 32.8 Å². The number of piperidine rings is 1. The quantitative estimate of drug-likeness (QED) is 0.903. The number of rotatable bonds is 4. The standard InChI is InChI=1S/C19H28N2O2.ClH/c1-15(2)13-23-17-5-3-4-16(12-17)18(22)21-10-7-19(8-11-21)6-9-20-14-19;/h3-5,12,15,20H,6-11,13-14H2,1-2H3;1H. The zero-order valence-electron chi connectivity index (χ0n) is 14.7. The molecule has 2 fully saturated rings. The van der Waals surface area contributed by atoms with Crippen molar-refractivity contribution in [2.24, 2.45) is 11.3 Å². The summed E-state index contributed by atoms with van der Waals surface area (Å²) >= 11 is 0. The van der Waals surface area contributed by atoms with Gasteiger partial charge in [0.05, 0.1) is 6.61 Å². The van der Waals surface area contributed by atoms with Gasteiger partial charge in [0.2, 0.25) is 0 Å². The smallest absolute Gasteiger partial charge is 0.253 e. The Kier molecular flexibility index (Phi) is 6.53. The van der Waals surface area contributed by atoms with Gasteiger partial charge in [0, 0.05) is 25.2 Å². The van der Waals surface area contributed by atoms with Gasteiger partial charge in [-0.2, -0.15) is 0 Å². The molecule has 5 heteroatoms. The number of benzene rings is 1. The van der Waals surface area contributed by atoms with Gasteiger partial charge >= 0.3 is 0 Å². The molecule has 3 rings (SSSR count). The summed E-state index contributed by atoms with van der Waals surface area (Å²) in [6.07, 6.45) is 3.50. The minimum atomic E-state index is 0. The molecule has 4 nitrogen and oxygen atoms in total. The molecule has 0 radical (unpaired) electrons. The molecular formula is C19H29ClN2O2. The highest BCUT2D eigenvalue weighted by Gasteiger charge is 2.38. The number of nitrogens with one attached hydrogen (secondary N) is 1. The molecule has 2 aliphatic rings. The Morgan fingerprint density at radius 2 is 2.04 bits per heavy atom. The predicted molar refractivity (Wildman–Crippen MR) is 99.1 cm³/mol. The van der Waals surface area contributed by atoms with Gasteiger partial charge in [-0.25, -0.2) is 0 Å². The summed E-state index contributed by atoms with van der Waals surface area (Å²) < 4.78 is 5.74. The van der Waals surface area contributed by atoms with Crippen LogP contribution in [0.3, 0.4) is 0 Å². The lowest BCUT2D eigenvalue weighted by Gasteiger charge is -2.38. The number of carbonyl (C=O) groups is 1. The van der Waals surface area contributed by atoms with Gasteiger partial charge in [-0.1, -0.05) is 19.9 Å². The van der Waals surface area contributed by atoms with E-state index in [9.17, 15) is 4.79 Å². The Morgan fingerprint density at radius 1 is 1.29 bits per heavy atom. The Morgan fingerprint density at radius 3 is 2.67 bits per heavy atom. The fourth-order valence-electron chi connectivity index (χ4n) is 3.57. The number of nitrogens with zero attached hydrogens (tertiary/aromatic N) is 1. The maximum atomic E-state index is 12.7. The van der Waals surface area contributed by atoms with E-state index in [0.717, 1.165) is 50.3 Å². The fraction of sp³-hybridized carbons (Fsp3) is 0.632. The lowest BCUT2D eigenvalue weighted by Crippen LogP contribution is -2.44. The average molecular weight is 353 g/mol. The van der Waals surface area contributed by atoms with E-state index in [1.165, 1.54) is 6.42 Å². The molecule has 1 spiro atoms. The first-order valence-electron chi connectivity index (χ1n) is 8.81. The number of ether oxygens (including phenoxy) is 1. The molecule has 24 heavy (non-hydrogen) atoms. The molecule has 1 amide bonds. The topological polar surface area (TPSA) is 41.6 Å². The molecule has 0 atom stereocenters. The van der Waals surface area contributed by atoms with E-state index in [2.05, 4.69) is 19.2 Å². The summed E-state index contributed by atoms with van der Waals surface area (Å²) in [5.41, 5.74) is 1.19. The van der Waals surface area contributed by atoms with Gasteiger partial charge in [-0.15, -0.1) is 12.4 Å². The molecule has 1 aromatic rings. The highest BCUT2D eigenvalue weighted by molar-refractivity contribution is 5.94. The van der Waals surface area contributed by atoms with Crippen LogP contribution >= 0.6 is 12.4 Å². The molecule has 2 heterocycles. The molecule has 2 saturated heterocycles. The summed E-state index contributed by atoms with van der Waals surface area (Å²) in [6.45, 7) is 8.91. The van der Waals surface area contributed by atoms with Crippen molar-refractivity contribution in [1.82, 2.24) is 10.2 Å². The second kappa shape index (κ2) is 8.21. The largest absolute Gasteiger partial charge is 0.493 e. The molecule has 0 saturated carbocycles.